The van der Waals surface area contributed by atoms with Gasteiger partial charge < -0.3 is 15.2 Å². The maximum atomic E-state index is 10.8. The Morgan fingerprint density at radius 2 is 2.26 bits per heavy atom. The van der Waals surface area contributed by atoms with Crippen LogP contribution in [0, 0.1) is 10.1 Å². The first-order chi connectivity index (χ1) is 9.13. The van der Waals surface area contributed by atoms with Gasteiger partial charge in [0.1, 0.15) is 0 Å². The van der Waals surface area contributed by atoms with Crippen molar-refractivity contribution in [2.45, 2.75) is 6.10 Å². The first-order valence-corrected chi connectivity index (χ1v) is 5.44. The molecule has 0 aliphatic heterocycles. The summed E-state index contributed by atoms with van der Waals surface area (Å²) >= 11 is 0. The molecule has 1 aromatic carbocycles. The second-order valence-corrected chi connectivity index (χ2v) is 3.84. The number of hydrogen-bond donors (Lipinski definition) is 2. The summed E-state index contributed by atoms with van der Waals surface area (Å²) in [6.07, 6.45) is -0.699. The van der Waals surface area contributed by atoms with Crippen molar-refractivity contribution in [2.24, 2.45) is 0 Å². The van der Waals surface area contributed by atoms with Crippen LogP contribution in [-0.2, 0) is 4.74 Å². The number of nitrogens with one attached hydrogen (secondary N) is 1. The molecule has 9 heteroatoms. The van der Waals surface area contributed by atoms with Crippen molar-refractivity contribution in [3.63, 3.8) is 0 Å². The summed E-state index contributed by atoms with van der Waals surface area (Å²) in [6.45, 7) is 0.397. The molecule has 2 N–H and O–H groups in total. The Labute approximate surface area is 107 Å². The molecule has 0 fully saturated rings. The van der Waals surface area contributed by atoms with Crippen LogP contribution in [0.5, 0.6) is 0 Å². The Kier molecular flexibility index (Phi) is 3.88. The van der Waals surface area contributed by atoms with Gasteiger partial charge in [-0.1, -0.05) is 0 Å². The zero-order valence-corrected chi connectivity index (χ0v) is 10.1. The Hall–Kier alpha value is -2.26. The molecule has 1 atom stereocenters. The molecule has 0 saturated heterocycles. The van der Waals surface area contributed by atoms with E-state index in [1.165, 1.54) is 19.2 Å². The molecule has 2 aromatic rings. The number of aromatic nitrogens is 2. The lowest BCUT2D eigenvalue weighted by atomic mass is 10.2. The van der Waals surface area contributed by atoms with Gasteiger partial charge in [0.2, 0.25) is 5.52 Å². The molecular formula is C10H12N4O5. The highest BCUT2D eigenvalue weighted by Gasteiger charge is 2.19. The molecule has 0 radical (unpaired) electrons. The molecule has 1 heterocycles. The first kappa shape index (κ1) is 13.2. The number of ether oxygens (including phenoxy) is 1. The van der Waals surface area contributed by atoms with Gasteiger partial charge in [-0.15, -0.1) is 0 Å². The molecule has 9 nitrogen and oxygen atoms in total. The van der Waals surface area contributed by atoms with E-state index in [1.54, 1.807) is 0 Å². The third-order valence-electron chi connectivity index (χ3n) is 2.48. The number of non-ortho nitro benzene ring substituents is 1. The van der Waals surface area contributed by atoms with E-state index in [9.17, 15) is 15.2 Å². The van der Waals surface area contributed by atoms with Crippen LogP contribution in [-0.4, -0.2) is 46.7 Å². The minimum atomic E-state index is -0.699. The molecule has 0 saturated carbocycles. The molecule has 2 rings (SSSR count). The number of nitro groups is 1. The molecule has 102 valence electrons. The molecule has 1 unspecified atom stereocenters. The normalized spacial score (nSPS) is 12.5. The number of rotatable bonds is 6. The Balaban J connectivity index is 2.23. The minimum Gasteiger partial charge on any atom is -0.389 e. The van der Waals surface area contributed by atoms with Gasteiger partial charge in [-0.05, 0) is 16.4 Å². The molecule has 0 bridgehead atoms. The summed E-state index contributed by atoms with van der Waals surface area (Å²) in [5.74, 6) is 0. The summed E-state index contributed by atoms with van der Waals surface area (Å²) in [4.78, 5) is 10.2. The van der Waals surface area contributed by atoms with Crippen LogP contribution in [0.25, 0.3) is 11.0 Å². The predicted molar refractivity (Wildman–Crippen MR) is 64.8 cm³/mol. The Bertz CT molecular complexity index is 584. The zero-order valence-electron chi connectivity index (χ0n) is 10.1. The lowest BCUT2D eigenvalue weighted by Gasteiger charge is -2.11. The van der Waals surface area contributed by atoms with Crippen LogP contribution in [0.3, 0.4) is 0 Å². The molecule has 0 aliphatic carbocycles. The fourth-order valence-corrected chi connectivity index (χ4v) is 1.62. The van der Waals surface area contributed by atoms with Gasteiger partial charge in [0, 0.05) is 19.7 Å². The smallest absolute Gasteiger partial charge is 0.300 e. The molecule has 19 heavy (non-hydrogen) atoms. The maximum absolute atomic E-state index is 10.8. The van der Waals surface area contributed by atoms with Crippen LogP contribution in [0.15, 0.2) is 16.8 Å². The average molecular weight is 268 g/mol. The lowest BCUT2D eigenvalue weighted by Crippen LogP contribution is -2.24. The molecule has 0 amide bonds. The zero-order chi connectivity index (χ0) is 13.8. The van der Waals surface area contributed by atoms with Gasteiger partial charge in [0.15, 0.2) is 5.52 Å². The lowest BCUT2D eigenvalue weighted by molar-refractivity contribution is -0.383. The van der Waals surface area contributed by atoms with E-state index in [2.05, 4.69) is 20.3 Å². The Morgan fingerprint density at radius 1 is 1.53 bits per heavy atom. The summed E-state index contributed by atoms with van der Waals surface area (Å²) in [7, 11) is 1.48. The van der Waals surface area contributed by atoms with Gasteiger partial charge in [-0.25, -0.2) is 4.63 Å². The Morgan fingerprint density at radius 3 is 2.95 bits per heavy atom. The van der Waals surface area contributed by atoms with Gasteiger partial charge in [-0.3, -0.25) is 10.1 Å². The fraction of sp³-hybridized carbons (Fsp3) is 0.400. The predicted octanol–water partition coefficient (Wildman–Crippen LogP) is 0.550. The largest absolute Gasteiger partial charge is 0.389 e. The summed E-state index contributed by atoms with van der Waals surface area (Å²) < 4.78 is 9.31. The van der Waals surface area contributed by atoms with E-state index in [0.29, 0.717) is 5.69 Å². The van der Waals surface area contributed by atoms with Crippen molar-refractivity contribution in [3.05, 3.63) is 22.2 Å². The quantitative estimate of drug-likeness (QED) is 0.575. The van der Waals surface area contributed by atoms with Crippen LogP contribution in [0.4, 0.5) is 11.4 Å². The number of fused-ring (bicyclic) bond motifs is 1. The number of nitrogens with zero attached hydrogens (tertiary/aromatic N) is 3. The SMILES string of the molecule is COCC(O)CNc1ccc([N+](=O)[O-])c2nonc12. The van der Waals surface area contributed by atoms with Crippen molar-refractivity contribution in [1.29, 1.82) is 0 Å². The molecule has 1 aromatic heterocycles. The van der Waals surface area contributed by atoms with Gasteiger partial charge >= 0.3 is 5.69 Å². The fourth-order valence-electron chi connectivity index (χ4n) is 1.62. The number of aliphatic hydroxyl groups is 1. The van der Waals surface area contributed by atoms with Crippen molar-refractivity contribution in [1.82, 2.24) is 10.3 Å². The number of aliphatic hydroxyl groups excluding tert-OH is 1. The van der Waals surface area contributed by atoms with E-state index < -0.39 is 11.0 Å². The third-order valence-corrected chi connectivity index (χ3v) is 2.48. The van der Waals surface area contributed by atoms with Crippen LogP contribution in [0.2, 0.25) is 0 Å². The van der Waals surface area contributed by atoms with Crippen molar-refractivity contribution >= 4 is 22.4 Å². The van der Waals surface area contributed by atoms with Crippen LogP contribution in [0.1, 0.15) is 0 Å². The van der Waals surface area contributed by atoms with Gasteiger partial charge in [0.05, 0.1) is 23.3 Å². The third kappa shape index (κ3) is 2.77. The van der Waals surface area contributed by atoms with Crippen LogP contribution < -0.4 is 5.32 Å². The first-order valence-electron chi connectivity index (χ1n) is 5.44. The monoisotopic (exact) mass is 268 g/mol. The number of methoxy groups -OCH3 is 1. The number of benzene rings is 1. The summed E-state index contributed by atoms with van der Waals surface area (Å²) in [5.41, 5.74) is 0.631. The second kappa shape index (κ2) is 5.59. The van der Waals surface area contributed by atoms with E-state index in [1.807, 2.05) is 0 Å². The highest BCUT2D eigenvalue weighted by atomic mass is 16.6. The standard InChI is InChI=1S/C10H12N4O5/c1-18-5-6(15)4-11-7-2-3-8(14(16)17)10-9(7)12-19-13-10/h2-3,6,11,15H,4-5H2,1H3. The highest BCUT2D eigenvalue weighted by Crippen LogP contribution is 2.28. The van der Waals surface area contributed by atoms with E-state index in [4.69, 9.17) is 4.74 Å². The molecular weight excluding hydrogens is 256 g/mol. The van der Waals surface area contributed by atoms with Crippen molar-refractivity contribution < 1.29 is 19.4 Å². The van der Waals surface area contributed by atoms with Gasteiger partial charge in [-0.2, -0.15) is 0 Å². The molecule has 0 aliphatic rings. The summed E-state index contributed by atoms with van der Waals surface area (Å²) in [5, 5.41) is 30.4. The van der Waals surface area contributed by atoms with E-state index >= 15 is 0 Å². The topological polar surface area (TPSA) is 124 Å². The van der Waals surface area contributed by atoms with E-state index in [0.717, 1.165) is 0 Å². The molecule has 0 spiro atoms. The van der Waals surface area contributed by atoms with Gasteiger partial charge in [0.25, 0.3) is 0 Å². The van der Waals surface area contributed by atoms with E-state index in [-0.39, 0.29) is 29.9 Å². The van der Waals surface area contributed by atoms with Crippen molar-refractivity contribution in [2.75, 3.05) is 25.6 Å². The minimum absolute atomic E-state index is 0.0660. The van der Waals surface area contributed by atoms with Crippen LogP contribution >= 0.6 is 0 Å². The number of nitro benzene ring substituents is 1. The second-order valence-electron chi connectivity index (χ2n) is 3.84. The average Bonchev–Trinajstić information content (AvgIpc) is 2.85. The maximum Gasteiger partial charge on any atom is 0.300 e. The summed E-state index contributed by atoms with van der Waals surface area (Å²) in [6, 6.07) is 2.79. The number of anilines is 1. The van der Waals surface area contributed by atoms with Crippen molar-refractivity contribution in [3.8, 4) is 0 Å². The number of hydrogen-bond acceptors (Lipinski definition) is 8. The highest BCUT2D eigenvalue weighted by molar-refractivity contribution is 5.93.